The van der Waals surface area contributed by atoms with Crippen LogP contribution < -0.4 is 5.46 Å². The molecule has 104 valence electrons. The van der Waals surface area contributed by atoms with E-state index in [1.54, 1.807) is 12.1 Å². The molecular weight excluding hydrogens is 278 g/mol. The van der Waals surface area contributed by atoms with Gasteiger partial charge in [0.25, 0.3) is 0 Å². The predicted molar refractivity (Wildman–Crippen MR) is 97.8 cm³/mol. The Bertz CT molecular complexity index is 559. The van der Waals surface area contributed by atoms with E-state index in [0.29, 0.717) is 5.46 Å². The Morgan fingerprint density at radius 3 is 1.48 bits per heavy atom. The SMILES string of the molecule is [B]C([B])([B])c1cc(B2OC(C)(C)C(C)(C)O2)cc(C([B])([B])[B])n1. The zero-order valence-electron chi connectivity index (χ0n) is 14.0. The normalized spacial score (nSPS) is 20.6. The van der Waals surface area contributed by atoms with Gasteiger partial charge >= 0.3 is 7.12 Å². The van der Waals surface area contributed by atoms with Crippen molar-refractivity contribution in [3.63, 3.8) is 0 Å². The smallest absolute Gasteiger partial charge is 0.399 e. The lowest BCUT2D eigenvalue weighted by atomic mass is 9.39. The van der Waals surface area contributed by atoms with Gasteiger partial charge in [0.15, 0.2) is 0 Å². The van der Waals surface area contributed by atoms with Gasteiger partial charge in [0.2, 0.25) is 0 Å². The first-order valence-corrected chi connectivity index (χ1v) is 7.25. The van der Waals surface area contributed by atoms with Crippen molar-refractivity contribution < 1.29 is 9.31 Å². The molecule has 0 atom stereocenters. The number of pyridine rings is 1. The van der Waals surface area contributed by atoms with Crippen molar-refractivity contribution in [1.29, 1.82) is 0 Å². The lowest BCUT2D eigenvalue weighted by Crippen LogP contribution is -2.41. The maximum Gasteiger partial charge on any atom is 0.494 e. The Kier molecular flexibility index (Phi) is 4.53. The number of hydrogen-bond acceptors (Lipinski definition) is 3. The lowest BCUT2D eigenvalue weighted by Gasteiger charge is -2.32. The topological polar surface area (TPSA) is 31.4 Å². The van der Waals surface area contributed by atoms with Crippen LogP contribution in [0.1, 0.15) is 39.1 Å². The molecule has 10 heteroatoms. The molecule has 0 bridgehead atoms. The van der Waals surface area contributed by atoms with Crippen molar-refractivity contribution in [2.24, 2.45) is 0 Å². The first kappa shape index (κ1) is 18.9. The molecule has 0 aliphatic carbocycles. The molecule has 1 saturated heterocycles. The van der Waals surface area contributed by atoms with Crippen molar-refractivity contribution in [2.45, 2.75) is 49.1 Å². The Labute approximate surface area is 147 Å². The molecule has 1 aromatic rings. The number of aromatic nitrogens is 1. The molecule has 12 radical (unpaired) electrons. The molecule has 1 aromatic heterocycles. The van der Waals surface area contributed by atoms with Crippen molar-refractivity contribution in [3.8, 4) is 0 Å². The van der Waals surface area contributed by atoms with Crippen LogP contribution in [0.2, 0.25) is 0 Å². The Morgan fingerprint density at radius 1 is 0.826 bits per heavy atom. The minimum atomic E-state index is -1.68. The van der Waals surface area contributed by atoms with Crippen molar-refractivity contribution in [3.05, 3.63) is 23.5 Å². The summed E-state index contributed by atoms with van der Waals surface area (Å²) >= 11 is 0. The molecule has 0 spiro atoms. The zero-order chi connectivity index (χ0) is 17.8. The summed E-state index contributed by atoms with van der Waals surface area (Å²) in [6.07, 6.45) is 0. The van der Waals surface area contributed by atoms with Crippen molar-refractivity contribution in [2.75, 3.05) is 0 Å². The molecule has 1 aliphatic rings. The molecular formula is C13H14B7NO2. The summed E-state index contributed by atoms with van der Waals surface area (Å²) in [5.41, 5.74) is -0.105. The molecule has 0 unspecified atom stereocenters. The summed E-state index contributed by atoms with van der Waals surface area (Å²) < 4.78 is 12.0. The Balaban J connectivity index is 2.51. The van der Waals surface area contributed by atoms with Gasteiger partial charge in [0, 0.05) is 11.4 Å². The molecule has 23 heavy (non-hydrogen) atoms. The summed E-state index contributed by atoms with van der Waals surface area (Å²) in [4.78, 5) is 4.16. The summed E-state index contributed by atoms with van der Waals surface area (Å²) in [5.74, 6) is 0. The average Bonchev–Trinajstić information content (AvgIpc) is 2.56. The van der Waals surface area contributed by atoms with Crippen LogP contribution in [0.25, 0.3) is 0 Å². The molecule has 1 aliphatic heterocycles. The van der Waals surface area contributed by atoms with E-state index in [1.807, 2.05) is 27.7 Å². The molecule has 0 N–H and O–H groups in total. The second-order valence-corrected chi connectivity index (χ2v) is 7.13. The van der Waals surface area contributed by atoms with Gasteiger partial charge in [0.1, 0.15) is 0 Å². The van der Waals surface area contributed by atoms with Gasteiger partial charge in [-0.2, -0.15) is 0 Å². The third-order valence-corrected chi connectivity index (χ3v) is 4.26. The second kappa shape index (κ2) is 5.52. The van der Waals surface area contributed by atoms with Gasteiger partial charge in [-0.15, -0.1) is 0 Å². The zero-order valence-corrected chi connectivity index (χ0v) is 14.0. The Hall–Kier alpha value is -0.475. The maximum absolute atomic E-state index is 5.99. The maximum atomic E-state index is 5.99. The van der Waals surface area contributed by atoms with E-state index in [4.69, 9.17) is 56.4 Å². The lowest BCUT2D eigenvalue weighted by molar-refractivity contribution is 0.00578. The van der Waals surface area contributed by atoms with Gasteiger partial charge in [0.05, 0.1) is 58.3 Å². The van der Waals surface area contributed by atoms with Gasteiger partial charge in [-0.3, -0.25) is 4.98 Å². The van der Waals surface area contributed by atoms with Crippen molar-refractivity contribution >= 4 is 59.7 Å². The molecule has 1 fully saturated rings. The van der Waals surface area contributed by atoms with E-state index in [-0.39, 0.29) is 11.4 Å². The molecule has 3 nitrogen and oxygen atoms in total. The van der Waals surface area contributed by atoms with Gasteiger partial charge < -0.3 is 9.31 Å². The van der Waals surface area contributed by atoms with Crippen LogP contribution in [0.5, 0.6) is 0 Å². The minimum Gasteiger partial charge on any atom is -0.399 e. The highest BCUT2D eigenvalue weighted by atomic mass is 16.7. The van der Waals surface area contributed by atoms with Crippen LogP contribution in [0, 0.1) is 0 Å². The fraction of sp³-hybridized carbons (Fsp3) is 0.615. The fourth-order valence-electron chi connectivity index (χ4n) is 2.11. The van der Waals surface area contributed by atoms with Crippen LogP contribution in [-0.4, -0.2) is 70.4 Å². The predicted octanol–water partition coefficient (Wildman–Crippen LogP) is -1.39. The summed E-state index contributed by atoms with van der Waals surface area (Å²) in [6, 6.07) is 3.19. The minimum absolute atomic E-state index is 0.172. The van der Waals surface area contributed by atoms with Crippen LogP contribution >= 0.6 is 0 Å². The molecule has 2 rings (SSSR count). The van der Waals surface area contributed by atoms with E-state index < -0.39 is 28.5 Å². The monoisotopic (exact) mass is 293 g/mol. The van der Waals surface area contributed by atoms with Crippen LogP contribution in [0.15, 0.2) is 12.1 Å². The number of hydrogen-bond donors (Lipinski definition) is 0. The third kappa shape index (κ3) is 3.79. The highest BCUT2D eigenvalue weighted by Gasteiger charge is 2.52. The van der Waals surface area contributed by atoms with Crippen LogP contribution in [-0.2, 0) is 19.5 Å². The van der Waals surface area contributed by atoms with E-state index in [9.17, 15) is 0 Å². The molecule has 0 aromatic carbocycles. The molecule has 0 amide bonds. The summed E-state index contributed by atoms with van der Waals surface area (Å²) in [7, 11) is 33.7. The summed E-state index contributed by atoms with van der Waals surface area (Å²) in [5, 5.41) is -3.36. The first-order chi connectivity index (χ1) is 10.1. The van der Waals surface area contributed by atoms with Gasteiger partial charge in [-0.1, -0.05) is 10.2 Å². The number of rotatable bonds is 3. The molecule has 0 saturated carbocycles. The van der Waals surface area contributed by atoms with Crippen molar-refractivity contribution in [1.82, 2.24) is 4.98 Å². The third-order valence-electron chi connectivity index (χ3n) is 4.26. The largest absolute Gasteiger partial charge is 0.494 e. The van der Waals surface area contributed by atoms with Crippen LogP contribution in [0.4, 0.5) is 0 Å². The first-order valence-electron chi connectivity index (χ1n) is 7.25. The standard InChI is InChI=1S/C13H14B7NO2/c1-10(2)11(3,4)23-20(22-10)7-5-8(12(14,15)16)21-9(6-7)13(17,18)19/h5-6H,1-4H3. The van der Waals surface area contributed by atoms with E-state index >= 15 is 0 Å². The van der Waals surface area contributed by atoms with Gasteiger partial charge in [-0.25, -0.2) is 0 Å². The quantitative estimate of drug-likeness (QED) is 0.643. The van der Waals surface area contributed by atoms with E-state index in [0.717, 1.165) is 0 Å². The fourth-order valence-corrected chi connectivity index (χ4v) is 2.11. The summed E-state index contributed by atoms with van der Waals surface area (Å²) in [6.45, 7) is 7.75. The van der Waals surface area contributed by atoms with Crippen LogP contribution in [0.3, 0.4) is 0 Å². The molecule has 2 heterocycles. The van der Waals surface area contributed by atoms with Gasteiger partial charge in [-0.05, 0) is 45.3 Å². The Morgan fingerprint density at radius 2 is 1.17 bits per heavy atom. The number of nitrogens with zero attached hydrogens (tertiary/aromatic N) is 1. The van der Waals surface area contributed by atoms with E-state index in [2.05, 4.69) is 4.98 Å². The highest BCUT2D eigenvalue weighted by molar-refractivity contribution is 6.63. The second-order valence-electron chi connectivity index (χ2n) is 7.13. The highest BCUT2D eigenvalue weighted by Crippen LogP contribution is 2.36. The van der Waals surface area contributed by atoms with E-state index in [1.165, 1.54) is 0 Å². The average molecular weight is 292 g/mol.